The fourth-order valence-electron chi connectivity index (χ4n) is 3.65. The molecule has 2 aromatic carbocycles. The first kappa shape index (κ1) is 20.5. The summed E-state index contributed by atoms with van der Waals surface area (Å²) in [6, 6.07) is 10.1. The molecule has 2 amide bonds. The summed E-state index contributed by atoms with van der Waals surface area (Å²) < 4.78 is 13.9. The van der Waals surface area contributed by atoms with E-state index in [4.69, 9.17) is 0 Å². The van der Waals surface area contributed by atoms with Crippen molar-refractivity contribution in [2.24, 2.45) is 5.92 Å². The highest BCUT2D eigenvalue weighted by Gasteiger charge is 2.35. The van der Waals surface area contributed by atoms with Crippen molar-refractivity contribution >= 4 is 23.5 Å². The van der Waals surface area contributed by atoms with E-state index in [-0.39, 0.29) is 11.5 Å². The largest absolute Gasteiger partial charge is 0.481 e. The monoisotopic (exact) mass is 398 g/mol. The molecule has 6 nitrogen and oxygen atoms in total. The lowest BCUT2D eigenvalue weighted by Gasteiger charge is -2.37. The summed E-state index contributed by atoms with van der Waals surface area (Å²) in [5.41, 5.74) is 1.39. The van der Waals surface area contributed by atoms with Gasteiger partial charge in [0.05, 0.1) is 11.5 Å². The van der Waals surface area contributed by atoms with Crippen LogP contribution in [0.25, 0.3) is 0 Å². The normalized spacial score (nSPS) is 18.9. The van der Waals surface area contributed by atoms with Crippen LogP contribution in [-0.2, 0) is 4.79 Å². The number of nitrogens with zero attached hydrogens (tertiary/aromatic N) is 1. The standard InChI is InChI=1S/C22H23FN2O4/c1-13-9-10-15(21(27)25-11-5-7-16(14(25)2)22(28)29)12-19(13)24-20(26)17-6-3-4-8-18(17)23/h3-4,6,8-10,12,14,16H,5,7,11H2,1-2H3,(H,24,26)(H,28,29)/t14-,16-/m1/s1. The molecule has 0 aromatic heterocycles. The third-order valence-electron chi connectivity index (χ3n) is 5.42. The van der Waals surface area contributed by atoms with Crippen LogP contribution < -0.4 is 5.32 Å². The third-order valence-corrected chi connectivity index (χ3v) is 5.42. The molecule has 7 heteroatoms. The Labute approximate surface area is 168 Å². The number of hydrogen-bond donors (Lipinski definition) is 2. The fourth-order valence-corrected chi connectivity index (χ4v) is 3.65. The first-order valence-electron chi connectivity index (χ1n) is 9.50. The van der Waals surface area contributed by atoms with Gasteiger partial charge in [-0.3, -0.25) is 14.4 Å². The van der Waals surface area contributed by atoms with Crippen LogP contribution in [0.4, 0.5) is 10.1 Å². The van der Waals surface area contributed by atoms with E-state index in [2.05, 4.69) is 5.32 Å². The van der Waals surface area contributed by atoms with E-state index in [0.29, 0.717) is 30.6 Å². The van der Waals surface area contributed by atoms with Crippen LogP contribution in [-0.4, -0.2) is 40.4 Å². The average Bonchev–Trinajstić information content (AvgIpc) is 2.69. The molecule has 1 saturated heterocycles. The summed E-state index contributed by atoms with van der Waals surface area (Å²) >= 11 is 0. The van der Waals surface area contributed by atoms with Crippen LogP contribution in [0.15, 0.2) is 42.5 Å². The number of carbonyl (C=O) groups excluding carboxylic acids is 2. The molecule has 2 N–H and O–H groups in total. The number of aliphatic carboxylic acids is 1. The number of amides is 2. The van der Waals surface area contributed by atoms with Crippen molar-refractivity contribution < 1.29 is 23.9 Å². The molecule has 1 aliphatic heterocycles. The number of anilines is 1. The highest BCUT2D eigenvalue weighted by molar-refractivity contribution is 6.05. The Morgan fingerprint density at radius 1 is 1.17 bits per heavy atom. The Balaban J connectivity index is 1.83. The second-order valence-electron chi connectivity index (χ2n) is 7.29. The molecular formula is C22H23FN2O4. The van der Waals surface area contributed by atoms with E-state index in [9.17, 15) is 23.9 Å². The lowest BCUT2D eigenvalue weighted by molar-refractivity contribution is -0.144. The van der Waals surface area contributed by atoms with Gasteiger partial charge in [0.25, 0.3) is 11.8 Å². The van der Waals surface area contributed by atoms with Crippen LogP contribution in [0, 0.1) is 18.7 Å². The Morgan fingerprint density at radius 2 is 1.90 bits per heavy atom. The third kappa shape index (κ3) is 4.29. The van der Waals surface area contributed by atoms with Crippen molar-refractivity contribution in [2.45, 2.75) is 32.7 Å². The van der Waals surface area contributed by atoms with Gasteiger partial charge in [0.15, 0.2) is 0 Å². The zero-order chi connectivity index (χ0) is 21.1. The van der Waals surface area contributed by atoms with Crippen LogP contribution in [0.1, 0.15) is 46.0 Å². The van der Waals surface area contributed by atoms with Crippen LogP contribution >= 0.6 is 0 Å². The number of piperidine rings is 1. The van der Waals surface area contributed by atoms with Crippen molar-refractivity contribution in [3.05, 3.63) is 65.0 Å². The second-order valence-corrected chi connectivity index (χ2v) is 7.29. The van der Waals surface area contributed by atoms with E-state index >= 15 is 0 Å². The predicted molar refractivity (Wildman–Crippen MR) is 106 cm³/mol. The maximum atomic E-state index is 13.9. The van der Waals surface area contributed by atoms with Crippen LogP contribution in [0.3, 0.4) is 0 Å². The summed E-state index contributed by atoms with van der Waals surface area (Å²) in [6.45, 7) is 3.99. The van der Waals surface area contributed by atoms with Crippen LogP contribution in [0.2, 0.25) is 0 Å². The highest BCUT2D eigenvalue weighted by atomic mass is 19.1. The van der Waals surface area contributed by atoms with Gasteiger partial charge >= 0.3 is 5.97 Å². The van der Waals surface area contributed by atoms with Gasteiger partial charge in [0, 0.05) is 23.8 Å². The Bertz CT molecular complexity index is 960. The quantitative estimate of drug-likeness (QED) is 0.822. The first-order chi connectivity index (χ1) is 13.8. The van der Waals surface area contributed by atoms with Gasteiger partial charge in [-0.05, 0) is 56.5 Å². The molecule has 152 valence electrons. The topological polar surface area (TPSA) is 86.7 Å². The number of carboxylic acids is 1. The summed E-state index contributed by atoms with van der Waals surface area (Å²) in [7, 11) is 0. The molecule has 1 fully saturated rings. The minimum absolute atomic E-state index is 0.0856. The SMILES string of the molecule is Cc1ccc(C(=O)N2CCC[C@@H](C(=O)O)[C@H]2C)cc1NC(=O)c1ccccc1F. The van der Waals surface area contributed by atoms with Crippen molar-refractivity contribution in [1.82, 2.24) is 4.90 Å². The maximum absolute atomic E-state index is 13.9. The van der Waals surface area contributed by atoms with Crippen molar-refractivity contribution in [3.8, 4) is 0 Å². The van der Waals surface area contributed by atoms with Gasteiger partial charge in [-0.2, -0.15) is 0 Å². The average molecular weight is 398 g/mol. The number of carboxylic acid groups (broad SMARTS) is 1. The van der Waals surface area contributed by atoms with Gasteiger partial charge in [-0.25, -0.2) is 4.39 Å². The minimum atomic E-state index is -0.906. The molecule has 2 aromatic rings. The number of likely N-dealkylation sites (tertiary alicyclic amines) is 1. The number of nitrogens with one attached hydrogen (secondary N) is 1. The molecule has 1 heterocycles. The molecule has 1 aliphatic rings. The van der Waals surface area contributed by atoms with Gasteiger partial charge in [0.1, 0.15) is 5.82 Å². The van der Waals surface area contributed by atoms with Crippen molar-refractivity contribution in [2.75, 3.05) is 11.9 Å². The van der Waals surface area contributed by atoms with E-state index in [1.807, 2.05) is 0 Å². The number of carbonyl (C=O) groups is 3. The number of benzene rings is 2. The molecule has 3 rings (SSSR count). The van der Waals surface area contributed by atoms with E-state index < -0.39 is 29.7 Å². The predicted octanol–water partition coefficient (Wildman–Crippen LogP) is 3.71. The Morgan fingerprint density at radius 3 is 2.59 bits per heavy atom. The smallest absolute Gasteiger partial charge is 0.308 e. The summed E-state index contributed by atoms with van der Waals surface area (Å²) in [6.07, 6.45) is 1.16. The molecule has 0 spiro atoms. The van der Waals surface area contributed by atoms with Gasteiger partial charge in [-0.1, -0.05) is 18.2 Å². The molecular weight excluding hydrogens is 375 g/mol. The minimum Gasteiger partial charge on any atom is -0.481 e. The van der Waals surface area contributed by atoms with E-state index in [1.165, 1.54) is 18.2 Å². The molecule has 0 unspecified atom stereocenters. The molecule has 2 atom stereocenters. The Kier molecular flexibility index (Phi) is 5.96. The summed E-state index contributed by atoms with van der Waals surface area (Å²) in [5, 5.41) is 12.0. The van der Waals surface area contributed by atoms with Crippen LogP contribution in [0.5, 0.6) is 0 Å². The highest BCUT2D eigenvalue weighted by Crippen LogP contribution is 2.27. The number of halogens is 1. The summed E-state index contributed by atoms with van der Waals surface area (Å²) in [5.74, 6) is -3.02. The molecule has 0 saturated carbocycles. The molecule has 0 aliphatic carbocycles. The van der Waals surface area contributed by atoms with Crippen molar-refractivity contribution in [1.29, 1.82) is 0 Å². The lowest BCUT2D eigenvalue weighted by Crippen LogP contribution is -2.49. The van der Waals surface area contributed by atoms with E-state index in [0.717, 1.165) is 5.56 Å². The van der Waals surface area contributed by atoms with Gasteiger partial charge < -0.3 is 15.3 Å². The van der Waals surface area contributed by atoms with Gasteiger partial charge in [-0.15, -0.1) is 0 Å². The van der Waals surface area contributed by atoms with Crippen molar-refractivity contribution in [3.63, 3.8) is 0 Å². The number of aryl methyl sites for hydroxylation is 1. The maximum Gasteiger partial charge on any atom is 0.308 e. The fraction of sp³-hybridized carbons (Fsp3) is 0.318. The Hall–Kier alpha value is -3.22. The zero-order valence-corrected chi connectivity index (χ0v) is 16.3. The second kappa shape index (κ2) is 8.43. The molecule has 0 radical (unpaired) electrons. The van der Waals surface area contributed by atoms with E-state index in [1.54, 1.807) is 43.0 Å². The van der Waals surface area contributed by atoms with Gasteiger partial charge in [0.2, 0.25) is 0 Å². The molecule has 0 bridgehead atoms. The zero-order valence-electron chi connectivity index (χ0n) is 16.3. The first-order valence-corrected chi connectivity index (χ1v) is 9.50. The summed E-state index contributed by atoms with van der Waals surface area (Å²) in [4.78, 5) is 38.4. The number of hydrogen-bond acceptors (Lipinski definition) is 3. The molecule has 29 heavy (non-hydrogen) atoms. The number of rotatable bonds is 4. The lowest BCUT2D eigenvalue weighted by atomic mass is 9.89.